The third kappa shape index (κ3) is 4.17. The maximum atomic E-state index is 6.27. The van der Waals surface area contributed by atoms with Crippen molar-refractivity contribution in [2.24, 2.45) is 0 Å². The molecule has 22 heavy (non-hydrogen) atoms. The minimum atomic E-state index is -2.28. The molecule has 1 atom stereocenters. The summed E-state index contributed by atoms with van der Waals surface area (Å²) in [5, 5.41) is 2.68. The highest BCUT2D eigenvalue weighted by Crippen LogP contribution is 2.13. The molecule has 0 heterocycles. The van der Waals surface area contributed by atoms with Crippen LogP contribution in [-0.2, 0) is 8.85 Å². The van der Waals surface area contributed by atoms with Crippen LogP contribution in [0.1, 0.15) is 0 Å². The van der Waals surface area contributed by atoms with E-state index < -0.39 is 16.6 Å². The third-order valence-corrected chi connectivity index (χ3v) is 10.6. The van der Waals surface area contributed by atoms with Crippen LogP contribution in [0.4, 0.5) is 0 Å². The predicted molar refractivity (Wildman–Crippen MR) is 99.0 cm³/mol. The molecule has 0 aliphatic carbocycles. The summed E-state index contributed by atoms with van der Waals surface area (Å²) < 4.78 is 12.0. The topological polar surface area (TPSA) is 18.5 Å². The Balaban J connectivity index is 2.00. The van der Waals surface area contributed by atoms with Gasteiger partial charge in [-0.1, -0.05) is 78.9 Å². The molecule has 2 nitrogen and oxygen atoms in total. The molecule has 2 rings (SSSR count). The number of benzene rings is 2. The van der Waals surface area contributed by atoms with Gasteiger partial charge in [0.2, 0.25) is 0 Å². The van der Waals surface area contributed by atoms with Gasteiger partial charge in [0.25, 0.3) is 0 Å². The first-order valence-electron chi connectivity index (χ1n) is 7.78. The van der Waals surface area contributed by atoms with Crippen molar-refractivity contribution >= 4 is 27.0 Å². The summed E-state index contributed by atoms with van der Waals surface area (Å²) in [5.74, 6) is 0. The Morgan fingerprint density at radius 1 is 0.773 bits per heavy atom. The molecular weight excluding hydrogens is 304 g/mol. The third-order valence-electron chi connectivity index (χ3n) is 4.35. The number of rotatable bonds is 7. The van der Waals surface area contributed by atoms with Crippen LogP contribution in [0.2, 0.25) is 25.7 Å². The summed E-state index contributed by atoms with van der Waals surface area (Å²) in [7, 11) is -1.97. The van der Waals surface area contributed by atoms with Gasteiger partial charge in [0.1, 0.15) is 0 Å². The normalized spacial score (nSPS) is 14.5. The van der Waals surface area contributed by atoms with Gasteiger partial charge in [-0.3, -0.25) is 0 Å². The Morgan fingerprint density at radius 2 is 1.27 bits per heavy atom. The van der Waals surface area contributed by atoms with E-state index in [4.69, 9.17) is 8.85 Å². The molecular formula is C18H26O2Si2. The van der Waals surface area contributed by atoms with Crippen molar-refractivity contribution < 1.29 is 8.85 Å². The second-order valence-electron chi connectivity index (χ2n) is 6.36. The molecule has 2 aromatic carbocycles. The van der Waals surface area contributed by atoms with E-state index in [2.05, 4.69) is 62.1 Å². The molecule has 118 valence electrons. The van der Waals surface area contributed by atoms with Crippen molar-refractivity contribution in [3.05, 3.63) is 60.7 Å². The highest BCUT2D eigenvalue weighted by Gasteiger charge is 2.34. The minimum absolute atomic E-state index is 0.763. The van der Waals surface area contributed by atoms with E-state index in [-0.39, 0.29) is 0 Å². The van der Waals surface area contributed by atoms with Crippen LogP contribution >= 0.6 is 0 Å². The number of hydrogen-bond donors (Lipinski definition) is 0. The Morgan fingerprint density at radius 3 is 1.77 bits per heavy atom. The molecule has 0 spiro atoms. The van der Waals surface area contributed by atoms with E-state index in [9.17, 15) is 0 Å². The molecule has 0 bridgehead atoms. The summed E-state index contributed by atoms with van der Waals surface area (Å²) in [6, 6.07) is 22.3. The van der Waals surface area contributed by atoms with Crippen molar-refractivity contribution in [2.75, 3.05) is 13.7 Å². The van der Waals surface area contributed by atoms with E-state index in [1.165, 1.54) is 10.4 Å². The lowest BCUT2D eigenvalue weighted by Crippen LogP contribution is -2.51. The molecule has 0 aromatic heterocycles. The highest BCUT2D eigenvalue weighted by atomic mass is 28.4. The van der Waals surface area contributed by atoms with Gasteiger partial charge in [-0.2, -0.15) is 0 Å². The fraction of sp³-hybridized carbons (Fsp3) is 0.333. The van der Waals surface area contributed by atoms with Gasteiger partial charge in [0.05, 0.1) is 8.07 Å². The lowest BCUT2D eigenvalue weighted by atomic mass is 10.4. The van der Waals surface area contributed by atoms with E-state index in [1.54, 1.807) is 7.11 Å². The summed E-state index contributed by atoms with van der Waals surface area (Å²) in [6.45, 7) is 7.69. The summed E-state index contributed by atoms with van der Waals surface area (Å²) in [5.41, 5.74) is 0. The molecule has 4 heteroatoms. The maximum absolute atomic E-state index is 6.27. The molecule has 1 unspecified atom stereocenters. The average Bonchev–Trinajstić information content (AvgIpc) is 2.56. The van der Waals surface area contributed by atoms with Crippen molar-refractivity contribution in [1.82, 2.24) is 0 Å². The first-order chi connectivity index (χ1) is 10.5. The molecule has 0 N–H and O–H groups in total. The van der Waals surface area contributed by atoms with Crippen LogP contribution in [0.25, 0.3) is 0 Å². The van der Waals surface area contributed by atoms with Gasteiger partial charge in [-0.05, 0) is 17.8 Å². The fourth-order valence-electron chi connectivity index (χ4n) is 2.54. The Labute approximate surface area is 136 Å². The van der Waals surface area contributed by atoms with Gasteiger partial charge in [-0.15, -0.1) is 0 Å². The number of hydrogen-bond acceptors (Lipinski definition) is 2. The Kier molecular flexibility index (Phi) is 5.75. The lowest BCUT2D eigenvalue weighted by Gasteiger charge is -2.28. The summed E-state index contributed by atoms with van der Waals surface area (Å²) in [6.07, 6.45) is 0. The maximum Gasteiger partial charge on any atom is 0.369 e. The fourth-order valence-corrected chi connectivity index (χ4v) is 6.55. The highest BCUT2D eigenvalue weighted by molar-refractivity contribution is 6.90. The predicted octanol–water partition coefficient (Wildman–Crippen LogP) is 3.24. The quantitative estimate of drug-likeness (QED) is 0.726. The van der Waals surface area contributed by atoms with Crippen molar-refractivity contribution in [3.8, 4) is 0 Å². The Hall–Kier alpha value is -1.21. The van der Waals surface area contributed by atoms with E-state index >= 15 is 0 Å². The molecule has 0 radical (unpaired) electrons. The van der Waals surface area contributed by atoms with Crippen LogP contribution in [0.3, 0.4) is 0 Å². The SMILES string of the molecule is CO[Si](C)(OCC[Si](C)(C)c1ccccc1)c1ccccc1. The van der Waals surface area contributed by atoms with Crippen molar-refractivity contribution in [2.45, 2.75) is 25.7 Å². The van der Waals surface area contributed by atoms with Crippen LogP contribution < -0.4 is 10.4 Å². The van der Waals surface area contributed by atoms with Crippen molar-refractivity contribution in [1.29, 1.82) is 0 Å². The minimum Gasteiger partial charge on any atom is -0.394 e. The van der Waals surface area contributed by atoms with Crippen LogP contribution in [0.15, 0.2) is 60.7 Å². The molecule has 0 aliphatic rings. The molecule has 0 saturated carbocycles. The molecule has 0 aliphatic heterocycles. The lowest BCUT2D eigenvalue weighted by molar-refractivity contribution is 0.228. The van der Waals surface area contributed by atoms with Crippen LogP contribution in [0, 0.1) is 0 Å². The van der Waals surface area contributed by atoms with Gasteiger partial charge in [0, 0.05) is 13.7 Å². The van der Waals surface area contributed by atoms with Gasteiger partial charge in [0.15, 0.2) is 0 Å². The smallest absolute Gasteiger partial charge is 0.369 e. The van der Waals surface area contributed by atoms with E-state index in [1.807, 2.05) is 18.2 Å². The van der Waals surface area contributed by atoms with Gasteiger partial charge >= 0.3 is 8.56 Å². The van der Waals surface area contributed by atoms with E-state index in [0.717, 1.165) is 12.7 Å². The van der Waals surface area contributed by atoms with Crippen LogP contribution in [0.5, 0.6) is 0 Å². The van der Waals surface area contributed by atoms with E-state index in [0.29, 0.717) is 0 Å². The zero-order valence-electron chi connectivity index (χ0n) is 14.0. The van der Waals surface area contributed by atoms with Gasteiger partial charge < -0.3 is 8.85 Å². The Bertz CT molecular complexity index is 572. The summed E-state index contributed by atoms with van der Waals surface area (Å²) >= 11 is 0. The molecule has 0 saturated heterocycles. The molecule has 0 amide bonds. The van der Waals surface area contributed by atoms with Crippen LogP contribution in [-0.4, -0.2) is 30.4 Å². The standard InChI is InChI=1S/C18H26O2Si2/c1-19-22(4,18-13-9-6-10-14-18)20-15-16-21(2,3)17-11-7-5-8-12-17/h5-14H,15-16H2,1-4H3. The first kappa shape index (κ1) is 17.2. The average molecular weight is 331 g/mol. The first-order valence-corrected chi connectivity index (χ1v) is 13.3. The largest absolute Gasteiger partial charge is 0.394 e. The molecule has 0 fully saturated rings. The molecule has 2 aromatic rings. The zero-order valence-corrected chi connectivity index (χ0v) is 16.0. The monoisotopic (exact) mass is 330 g/mol. The van der Waals surface area contributed by atoms with Crippen molar-refractivity contribution in [3.63, 3.8) is 0 Å². The summed E-state index contributed by atoms with van der Waals surface area (Å²) in [4.78, 5) is 0. The van der Waals surface area contributed by atoms with Gasteiger partial charge in [-0.25, -0.2) is 0 Å². The second kappa shape index (κ2) is 7.37. The second-order valence-corrected chi connectivity index (χ2v) is 14.4. The zero-order chi connectivity index (χ0) is 16.1.